The van der Waals surface area contributed by atoms with Gasteiger partial charge >= 0.3 is 0 Å². The monoisotopic (exact) mass is 374 g/mol. The van der Waals surface area contributed by atoms with Crippen LogP contribution < -0.4 is 9.64 Å². The first-order chi connectivity index (χ1) is 13.6. The van der Waals surface area contributed by atoms with Gasteiger partial charge in [0.2, 0.25) is 5.88 Å². The second-order valence-electron chi connectivity index (χ2n) is 7.42. The molecule has 4 rings (SSSR count). The first-order valence-electron chi connectivity index (χ1n) is 9.82. The van der Waals surface area contributed by atoms with Crippen molar-refractivity contribution in [1.82, 2.24) is 4.98 Å². The maximum absolute atomic E-state index is 10.4. The minimum absolute atomic E-state index is 0.101. The van der Waals surface area contributed by atoms with Crippen LogP contribution in [0.5, 0.6) is 5.88 Å². The number of hydrogen-bond acceptors (Lipinski definition) is 4. The van der Waals surface area contributed by atoms with E-state index in [1.807, 2.05) is 44.2 Å². The van der Waals surface area contributed by atoms with Gasteiger partial charge in [0.05, 0.1) is 12.6 Å². The summed E-state index contributed by atoms with van der Waals surface area (Å²) in [5.41, 5.74) is 5.37. The zero-order valence-electron chi connectivity index (χ0n) is 16.4. The molecule has 1 aliphatic rings. The van der Waals surface area contributed by atoms with Crippen LogP contribution in [-0.4, -0.2) is 29.3 Å². The number of aliphatic hydroxyl groups is 1. The second-order valence-corrected chi connectivity index (χ2v) is 7.42. The normalized spacial score (nSPS) is 17.5. The zero-order valence-corrected chi connectivity index (χ0v) is 16.4. The number of benzene rings is 2. The van der Waals surface area contributed by atoms with Crippen LogP contribution in [-0.2, 0) is 0 Å². The smallest absolute Gasteiger partial charge is 0.216 e. The quantitative estimate of drug-likeness (QED) is 0.699. The number of ether oxygens (including phenoxy) is 1. The number of aliphatic hydroxyl groups excluding tert-OH is 1. The number of rotatable bonds is 5. The largest absolute Gasteiger partial charge is 0.472 e. The Morgan fingerprint density at radius 1 is 1.07 bits per heavy atom. The molecule has 1 fully saturated rings. The fourth-order valence-corrected chi connectivity index (χ4v) is 3.78. The number of aromatic nitrogens is 1. The van der Waals surface area contributed by atoms with Crippen LogP contribution in [0.1, 0.15) is 30.6 Å². The van der Waals surface area contributed by atoms with E-state index in [4.69, 9.17) is 4.74 Å². The van der Waals surface area contributed by atoms with Crippen LogP contribution in [0.25, 0.3) is 11.1 Å². The van der Waals surface area contributed by atoms with Crippen molar-refractivity contribution in [2.24, 2.45) is 0 Å². The first-order valence-corrected chi connectivity index (χ1v) is 9.82. The summed E-state index contributed by atoms with van der Waals surface area (Å²) in [4.78, 5) is 6.66. The van der Waals surface area contributed by atoms with Gasteiger partial charge in [0.15, 0.2) is 0 Å². The molecule has 0 radical (unpaired) electrons. The number of hydrogen-bond donors (Lipinski definition) is 1. The van der Waals surface area contributed by atoms with Gasteiger partial charge < -0.3 is 14.7 Å². The van der Waals surface area contributed by atoms with Crippen LogP contribution in [0.4, 0.5) is 5.69 Å². The third-order valence-corrected chi connectivity index (χ3v) is 5.31. The molecule has 0 spiro atoms. The molecule has 0 aliphatic carbocycles. The number of pyridine rings is 1. The Morgan fingerprint density at radius 2 is 1.89 bits per heavy atom. The Balaban J connectivity index is 1.55. The minimum Gasteiger partial charge on any atom is -0.472 e. The van der Waals surface area contributed by atoms with E-state index in [1.165, 1.54) is 0 Å². The van der Waals surface area contributed by atoms with Gasteiger partial charge in [0.25, 0.3) is 0 Å². The molecule has 2 unspecified atom stereocenters. The van der Waals surface area contributed by atoms with Crippen molar-refractivity contribution in [3.05, 3.63) is 78.0 Å². The highest BCUT2D eigenvalue weighted by Gasteiger charge is 2.27. The van der Waals surface area contributed by atoms with E-state index >= 15 is 0 Å². The topological polar surface area (TPSA) is 45.6 Å². The van der Waals surface area contributed by atoms with Gasteiger partial charge in [0, 0.05) is 36.0 Å². The lowest BCUT2D eigenvalue weighted by molar-refractivity contribution is 0.199. The highest BCUT2D eigenvalue weighted by atomic mass is 16.5. The van der Waals surface area contributed by atoms with Crippen molar-refractivity contribution in [3.8, 4) is 17.0 Å². The van der Waals surface area contributed by atoms with Crippen molar-refractivity contribution >= 4 is 5.69 Å². The lowest BCUT2D eigenvalue weighted by Gasteiger charge is -2.24. The molecule has 0 amide bonds. The molecule has 4 nitrogen and oxygen atoms in total. The standard InChI is InChI=1S/C24H26N2O2/c1-17-7-6-13-25-24(17)28-21-12-14-26(16-21)23-11-10-20(15-22(23)18(2)27)19-8-4-3-5-9-19/h3-11,13,15,18,21,27H,12,14,16H2,1-2H3. The van der Waals surface area contributed by atoms with Crippen LogP contribution >= 0.6 is 0 Å². The Kier molecular flexibility index (Phi) is 5.31. The maximum Gasteiger partial charge on any atom is 0.216 e. The lowest BCUT2D eigenvalue weighted by Crippen LogP contribution is -2.26. The summed E-state index contributed by atoms with van der Waals surface area (Å²) < 4.78 is 6.14. The number of anilines is 1. The Morgan fingerprint density at radius 3 is 2.64 bits per heavy atom. The van der Waals surface area contributed by atoms with Gasteiger partial charge in [-0.15, -0.1) is 0 Å². The summed E-state index contributed by atoms with van der Waals surface area (Å²) in [5, 5.41) is 10.4. The van der Waals surface area contributed by atoms with Gasteiger partial charge in [-0.25, -0.2) is 4.98 Å². The predicted molar refractivity (Wildman–Crippen MR) is 113 cm³/mol. The molecule has 0 saturated carbocycles. The number of nitrogens with zero attached hydrogens (tertiary/aromatic N) is 2. The molecular formula is C24H26N2O2. The molecule has 2 atom stereocenters. The second kappa shape index (κ2) is 8.03. The van der Waals surface area contributed by atoms with E-state index in [-0.39, 0.29) is 6.10 Å². The minimum atomic E-state index is -0.531. The van der Waals surface area contributed by atoms with E-state index in [0.29, 0.717) is 5.88 Å². The molecule has 2 aromatic carbocycles. The van der Waals surface area contributed by atoms with Gasteiger partial charge in [-0.3, -0.25) is 0 Å². The summed E-state index contributed by atoms with van der Waals surface area (Å²) in [6.07, 6.45) is 2.28. The van der Waals surface area contributed by atoms with Crippen molar-refractivity contribution < 1.29 is 9.84 Å². The molecular weight excluding hydrogens is 348 g/mol. The summed E-state index contributed by atoms with van der Waals surface area (Å²) in [7, 11) is 0. The summed E-state index contributed by atoms with van der Waals surface area (Å²) >= 11 is 0. The average molecular weight is 374 g/mol. The molecule has 1 aliphatic heterocycles. The fourth-order valence-electron chi connectivity index (χ4n) is 3.78. The molecule has 3 aromatic rings. The van der Waals surface area contributed by atoms with Crippen molar-refractivity contribution in [2.45, 2.75) is 32.5 Å². The molecule has 144 valence electrons. The van der Waals surface area contributed by atoms with E-state index in [2.05, 4.69) is 40.2 Å². The fraction of sp³-hybridized carbons (Fsp3) is 0.292. The summed E-state index contributed by atoms with van der Waals surface area (Å²) in [6, 6.07) is 20.6. The molecule has 1 aromatic heterocycles. The van der Waals surface area contributed by atoms with Crippen LogP contribution in [0.3, 0.4) is 0 Å². The van der Waals surface area contributed by atoms with Crippen LogP contribution in [0.2, 0.25) is 0 Å². The summed E-state index contributed by atoms with van der Waals surface area (Å²) in [5.74, 6) is 0.713. The molecule has 1 N–H and O–H groups in total. The van der Waals surface area contributed by atoms with Crippen molar-refractivity contribution in [2.75, 3.05) is 18.0 Å². The third kappa shape index (κ3) is 3.87. The Bertz CT molecular complexity index is 940. The van der Waals surface area contributed by atoms with Gasteiger partial charge in [0.1, 0.15) is 6.10 Å². The highest BCUT2D eigenvalue weighted by molar-refractivity contribution is 5.69. The first kappa shape index (κ1) is 18.5. The summed E-state index contributed by atoms with van der Waals surface area (Å²) in [6.45, 7) is 5.54. The van der Waals surface area contributed by atoms with E-state index in [1.54, 1.807) is 6.20 Å². The Hall–Kier alpha value is -2.85. The molecule has 4 heteroatoms. The van der Waals surface area contributed by atoms with Crippen molar-refractivity contribution in [3.63, 3.8) is 0 Å². The van der Waals surface area contributed by atoms with Gasteiger partial charge in [-0.05, 0) is 43.2 Å². The molecule has 28 heavy (non-hydrogen) atoms. The molecule has 1 saturated heterocycles. The lowest BCUT2D eigenvalue weighted by atomic mass is 9.99. The van der Waals surface area contributed by atoms with Gasteiger partial charge in [-0.2, -0.15) is 0 Å². The molecule has 0 bridgehead atoms. The van der Waals surface area contributed by atoms with E-state index in [0.717, 1.165) is 47.5 Å². The van der Waals surface area contributed by atoms with E-state index in [9.17, 15) is 5.11 Å². The Labute approximate surface area is 166 Å². The maximum atomic E-state index is 10.4. The van der Waals surface area contributed by atoms with Gasteiger partial charge in [-0.1, -0.05) is 42.5 Å². The number of aryl methyl sites for hydroxylation is 1. The van der Waals surface area contributed by atoms with Crippen molar-refractivity contribution in [1.29, 1.82) is 0 Å². The third-order valence-electron chi connectivity index (χ3n) is 5.31. The zero-order chi connectivity index (χ0) is 19.5. The predicted octanol–water partition coefficient (Wildman–Crippen LogP) is 4.77. The van der Waals surface area contributed by atoms with Crippen LogP contribution in [0, 0.1) is 6.92 Å². The van der Waals surface area contributed by atoms with Crippen LogP contribution in [0.15, 0.2) is 66.9 Å². The van der Waals surface area contributed by atoms with E-state index < -0.39 is 6.10 Å². The highest BCUT2D eigenvalue weighted by Crippen LogP contribution is 2.34. The average Bonchev–Trinajstić information content (AvgIpc) is 3.18. The SMILES string of the molecule is Cc1cccnc1OC1CCN(c2ccc(-c3ccccc3)cc2C(C)O)C1. The molecule has 2 heterocycles.